The molecule has 6 rings (SSSR count). The van der Waals surface area contributed by atoms with Crippen molar-refractivity contribution < 1.29 is 32.1 Å². The lowest BCUT2D eigenvalue weighted by atomic mass is 9.69. The van der Waals surface area contributed by atoms with Gasteiger partial charge in [-0.2, -0.15) is 18.0 Å². The molecule has 1 aromatic carbocycles. The summed E-state index contributed by atoms with van der Waals surface area (Å²) < 4.78 is 48.5. The van der Waals surface area contributed by atoms with Crippen molar-refractivity contribution in [3.63, 3.8) is 0 Å². The van der Waals surface area contributed by atoms with E-state index in [1.165, 1.54) is 6.20 Å². The van der Waals surface area contributed by atoms with Gasteiger partial charge in [0.2, 0.25) is 11.3 Å². The molecular formula is C28H26BrClF3N6O4+. The normalized spacial score (nSPS) is 19.5. The Morgan fingerprint density at radius 2 is 1.98 bits per heavy atom. The Bertz CT molecular complexity index is 1800. The summed E-state index contributed by atoms with van der Waals surface area (Å²) in [6, 6.07) is 2.51. The Hall–Kier alpha value is -3.52. The van der Waals surface area contributed by atoms with E-state index in [0.717, 1.165) is 23.9 Å². The van der Waals surface area contributed by atoms with Crippen molar-refractivity contribution in [2.45, 2.75) is 58.0 Å². The van der Waals surface area contributed by atoms with Gasteiger partial charge in [0.15, 0.2) is 23.4 Å². The van der Waals surface area contributed by atoms with Crippen LogP contribution in [0.3, 0.4) is 0 Å². The van der Waals surface area contributed by atoms with Gasteiger partial charge in [-0.25, -0.2) is 9.97 Å². The van der Waals surface area contributed by atoms with Gasteiger partial charge in [-0.15, -0.1) is 4.58 Å². The molecule has 3 aromatic rings. The molecule has 10 nitrogen and oxygen atoms in total. The zero-order chi connectivity index (χ0) is 31.0. The lowest BCUT2D eigenvalue weighted by molar-refractivity contribution is -0.458. The molecule has 43 heavy (non-hydrogen) atoms. The number of amides is 2. The molecule has 1 unspecified atom stereocenters. The zero-order valence-electron chi connectivity index (χ0n) is 23.3. The molecule has 1 N–H and O–H groups in total. The number of aromatic nitrogens is 3. The maximum atomic E-state index is 13.9. The van der Waals surface area contributed by atoms with Crippen molar-refractivity contribution in [2.75, 3.05) is 23.3 Å². The number of fused-ring (bicyclic) bond motifs is 3. The van der Waals surface area contributed by atoms with Crippen molar-refractivity contribution in [1.82, 2.24) is 14.5 Å². The first-order valence-corrected chi connectivity index (χ1v) is 14.7. The van der Waals surface area contributed by atoms with Crippen LogP contribution in [0.2, 0.25) is 5.02 Å². The van der Waals surface area contributed by atoms with Gasteiger partial charge in [0, 0.05) is 18.0 Å². The van der Waals surface area contributed by atoms with Gasteiger partial charge in [-0.3, -0.25) is 9.59 Å². The predicted octanol–water partition coefficient (Wildman–Crippen LogP) is 5.02. The summed E-state index contributed by atoms with van der Waals surface area (Å²) in [5, 5.41) is 2.32. The third-order valence-electron chi connectivity index (χ3n) is 7.74. The maximum Gasteiger partial charge on any atom is 0.596 e. The van der Waals surface area contributed by atoms with Gasteiger partial charge in [0.05, 0.1) is 29.0 Å². The third kappa shape index (κ3) is 5.28. The highest BCUT2D eigenvalue weighted by molar-refractivity contribution is 9.10. The fourth-order valence-electron chi connectivity index (χ4n) is 6.03. The second-order valence-electron chi connectivity index (χ2n) is 11.7. The monoisotopic (exact) mass is 681 g/mol. The summed E-state index contributed by atoms with van der Waals surface area (Å²) in [6.07, 6.45) is -2.52. The number of nitrogens with zero attached hydrogens (tertiary/aromatic N) is 5. The van der Waals surface area contributed by atoms with Gasteiger partial charge in [-0.1, -0.05) is 11.6 Å². The number of carbonyl (C=O) groups is 2. The number of pyridine rings is 1. The standard InChI is InChI=1S/C28H25BrClF3N6O4/c1-27(2,3)43-26(42)37-6-7-38-22-13(8-17(22)37)9-18-23(38)24(41)21-25(34-11-19(29)36-21)39(18)12-20(40)35-16-5-4-14(10-15(16)30)28(31,32)33/h4-5,10-11,13,22H,6-9,12H2,1-3H3/p+1/t13?,22-/m0/s1. The lowest BCUT2D eigenvalue weighted by Crippen LogP contribution is -2.67. The zero-order valence-corrected chi connectivity index (χ0v) is 25.6. The molecule has 0 radical (unpaired) electrons. The highest BCUT2D eigenvalue weighted by atomic mass is 79.9. The van der Waals surface area contributed by atoms with Crippen molar-refractivity contribution in [1.29, 1.82) is 0 Å². The van der Waals surface area contributed by atoms with E-state index in [0.29, 0.717) is 41.9 Å². The van der Waals surface area contributed by atoms with Gasteiger partial charge < -0.3 is 19.5 Å². The Kier molecular flexibility index (Phi) is 7.07. The van der Waals surface area contributed by atoms with Crippen LogP contribution in [0.1, 0.15) is 38.4 Å². The molecule has 1 saturated carbocycles. The van der Waals surface area contributed by atoms with Crippen LogP contribution in [-0.2, 0) is 28.7 Å². The highest BCUT2D eigenvalue weighted by Crippen LogP contribution is 2.43. The molecule has 2 aromatic heterocycles. The predicted molar refractivity (Wildman–Crippen MR) is 156 cm³/mol. The number of benzene rings is 1. The first-order valence-electron chi connectivity index (χ1n) is 13.5. The number of rotatable bonds is 3. The molecule has 2 aliphatic heterocycles. The minimum atomic E-state index is -4.58. The first-order chi connectivity index (χ1) is 20.1. The van der Waals surface area contributed by atoms with Crippen LogP contribution in [0.15, 0.2) is 33.8 Å². The Balaban J connectivity index is 1.38. The average Bonchev–Trinajstić information content (AvgIpc) is 2.89. The minimum absolute atomic E-state index is 0.0178. The second kappa shape index (κ2) is 10.3. The molecule has 2 atom stereocenters. The summed E-state index contributed by atoms with van der Waals surface area (Å²) in [5.41, 5.74) is 0.239. The molecule has 2 amide bonds. The van der Waals surface area contributed by atoms with Crippen LogP contribution in [0.4, 0.5) is 29.3 Å². The van der Waals surface area contributed by atoms with E-state index in [-0.39, 0.29) is 45.8 Å². The van der Waals surface area contributed by atoms with Crippen molar-refractivity contribution >= 4 is 67.8 Å². The molecule has 3 aliphatic rings. The number of nitrogens with one attached hydrogen (secondary N) is 1. The molecule has 4 heterocycles. The number of anilines is 2. The molecule has 226 valence electrons. The summed E-state index contributed by atoms with van der Waals surface area (Å²) in [4.78, 5) is 50.9. The molecule has 1 aliphatic carbocycles. The van der Waals surface area contributed by atoms with E-state index < -0.39 is 29.3 Å². The van der Waals surface area contributed by atoms with Gasteiger partial charge in [-0.05, 0) is 61.3 Å². The fraction of sp³-hybridized carbons (Fsp3) is 0.429. The van der Waals surface area contributed by atoms with Gasteiger partial charge in [0.25, 0.3) is 0 Å². The van der Waals surface area contributed by atoms with Crippen molar-refractivity contribution in [3.05, 3.63) is 55.5 Å². The number of hydrogen-bond acceptors (Lipinski definition) is 7. The van der Waals surface area contributed by atoms with Crippen LogP contribution < -0.4 is 15.6 Å². The highest BCUT2D eigenvalue weighted by Gasteiger charge is 2.56. The summed E-state index contributed by atoms with van der Waals surface area (Å²) in [7, 11) is 0. The molecule has 0 bridgehead atoms. The first kappa shape index (κ1) is 29.5. The minimum Gasteiger partial charge on any atom is -0.406 e. The topological polar surface area (TPSA) is 109 Å². The maximum absolute atomic E-state index is 13.9. The van der Waals surface area contributed by atoms with Gasteiger partial charge >= 0.3 is 12.3 Å². The number of alkyl halides is 3. The van der Waals surface area contributed by atoms with Crippen molar-refractivity contribution in [3.8, 4) is 0 Å². The summed E-state index contributed by atoms with van der Waals surface area (Å²) in [6.45, 7) is 5.81. The average molecular weight is 683 g/mol. The quantitative estimate of drug-likeness (QED) is 0.387. The summed E-state index contributed by atoms with van der Waals surface area (Å²) >= 11 is 9.34. The van der Waals surface area contributed by atoms with Crippen LogP contribution in [0.5, 0.6) is 0 Å². The smallest absolute Gasteiger partial charge is 0.406 e. The van der Waals surface area contributed by atoms with Crippen LogP contribution >= 0.6 is 27.5 Å². The van der Waals surface area contributed by atoms with E-state index in [9.17, 15) is 27.6 Å². The molecular weight excluding hydrogens is 657 g/mol. The van der Waals surface area contributed by atoms with E-state index >= 15 is 0 Å². The third-order valence-corrected chi connectivity index (χ3v) is 8.44. The van der Waals surface area contributed by atoms with Crippen LogP contribution in [0.25, 0.3) is 11.2 Å². The number of carbonyl (C=O) groups excluding carboxylic acids is 2. The second-order valence-corrected chi connectivity index (χ2v) is 13.0. The SMILES string of the molecule is CC(C)(C)OC(=O)[N+]1=C2CC3Cc4c(c(=O)c5nc(Br)cnc5n4CC(=O)Nc4ccc(C(F)(F)F)cc4Cl)N(CC1)[C@H]23. The van der Waals surface area contributed by atoms with E-state index in [1.54, 1.807) is 29.9 Å². The Morgan fingerprint density at radius 1 is 1.23 bits per heavy atom. The van der Waals surface area contributed by atoms with Gasteiger partial charge in [0.1, 0.15) is 28.5 Å². The Morgan fingerprint density at radius 3 is 2.65 bits per heavy atom. The van der Waals surface area contributed by atoms with Crippen LogP contribution in [0, 0.1) is 5.92 Å². The number of halogens is 5. The van der Waals surface area contributed by atoms with Crippen LogP contribution in [-0.4, -0.2) is 61.6 Å². The fourth-order valence-corrected chi connectivity index (χ4v) is 6.53. The van der Waals surface area contributed by atoms with E-state index in [1.807, 2.05) is 4.90 Å². The molecule has 1 fully saturated rings. The molecule has 15 heteroatoms. The lowest BCUT2D eigenvalue weighted by Gasteiger charge is -2.50. The number of ether oxygens (including phenoxy) is 1. The largest absolute Gasteiger partial charge is 0.596 e. The molecule has 0 saturated heterocycles. The molecule has 0 spiro atoms. The number of hydrogen-bond donors (Lipinski definition) is 1. The Labute approximate surface area is 256 Å². The van der Waals surface area contributed by atoms with Crippen molar-refractivity contribution in [2.24, 2.45) is 5.92 Å². The van der Waals surface area contributed by atoms with E-state index in [4.69, 9.17) is 16.3 Å². The summed E-state index contributed by atoms with van der Waals surface area (Å²) in [5.74, 6) is -0.497. The van der Waals surface area contributed by atoms with E-state index in [2.05, 4.69) is 31.2 Å².